The van der Waals surface area contributed by atoms with Crippen molar-refractivity contribution in [1.29, 1.82) is 0 Å². The van der Waals surface area contributed by atoms with Crippen LogP contribution in [0.3, 0.4) is 0 Å². The van der Waals surface area contributed by atoms with Crippen LogP contribution in [0, 0.1) is 0 Å². The number of hydrogen-bond donors (Lipinski definition) is 1. The fourth-order valence-corrected chi connectivity index (χ4v) is 1.37. The SMILES string of the molecule is CC(C)Nc1cnn(-c2ccncc2)c1. The summed E-state index contributed by atoms with van der Waals surface area (Å²) in [5.74, 6) is 0. The first-order chi connectivity index (χ1) is 7.25. The summed E-state index contributed by atoms with van der Waals surface area (Å²) >= 11 is 0. The van der Waals surface area contributed by atoms with E-state index in [0.29, 0.717) is 6.04 Å². The highest BCUT2D eigenvalue weighted by Gasteiger charge is 2.00. The Morgan fingerprint density at radius 2 is 2.00 bits per heavy atom. The van der Waals surface area contributed by atoms with Crippen molar-refractivity contribution < 1.29 is 0 Å². The molecule has 0 aliphatic rings. The fraction of sp³-hybridized carbons (Fsp3) is 0.273. The highest BCUT2D eigenvalue weighted by atomic mass is 15.3. The van der Waals surface area contributed by atoms with Crippen molar-refractivity contribution in [3.63, 3.8) is 0 Å². The van der Waals surface area contributed by atoms with Gasteiger partial charge < -0.3 is 5.32 Å². The Morgan fingerprint density at radius 1 is 1.27 bits per heavy atom. The van der Waals surface area contributed by atoms with E-state index in [4.69, 9.17) is 0 Å². The predicted molar refractivity (Wildman–Crippen MR) is 60.1 cm³/mol. The number of rotatable bonds is 3. The second kappa shape index (κ2) is 4.13. The molecule has 0 unspecified atom stereocenters. The van der Waals surface area contributed by atoms with Gasteiger partial charge in [-0.15, -0.1) is 0 Å². The molecule has 0 saturated heterocycles. The summed E-state index contributed by atoms with van der Waals surface area (Å²) in [5.41, 5.74) is 2.05. The van der Waals surface area contributed by atoms with E-state index in [-0.39, 0.29) is 0 Å². The van der Waals surface area contributed by atoms with Crippen molar-refractivity contribution >= 4 is 5.69 Å². The van der Waals surface area contributed by atoms with Gasteiger partial charge in [0, 0.05) is 18.4 Å². The number of anilines is 1. The van der Waals surface area contributed by atoms with Gasteiger partial charge in [0.2, 0.25) is 0 Å². The monoisotopic (exact) mass is 202 g/mol. The summed E-state index contributed by atoms with van der Waals surface area (Å²) in [6.07, 6.45) is 7.30. The van der Waals surface area contributed by atoms with Crippen LogP contribution in [0.5, 0.6) is 0 Å². The smallest absolute Gasteiger partial charge is 0.0733 e. The second-order valence-corrected chi connectivity index (χ2v) is 3.68. The normalized spacial score (nSPS) is 10.6. The van der Waals surface area contributed by atoms with E-state index < -0.39 is 0 Å². The van der Waals surface area contributed by atoms with Crippen LogP contribution in [0.25, 0.3) is 5.69 Å². The minimum absolute atomic E-state index is 0.417. The average molecular weight is 202 g/mol. The maximum absolute atomic E-state index is 4.27. The Kier molecular flexibility index (Phi) is 2.67. The van der Waals surface area contributed by atoms with Gasteiger partial charge in [0.25, 0.3) is 0 Å². The topological polar surface area (TPSA) is 42.7 Å². The minimum Gasteiger partial charge on any atom is -0.380 e. The van der Waals surface area contributed by atoms with Crippen molar-refractivity contribution in [2.75, 3.05) is 5.32 Å². The molecule has 78 valence electrons. The van der Waals surface area contributed by atoms with Gasteiger partial charge in [0.15, 0.2) is 0 Å². The molecule has 2 rings (SSSR count). The minimum atomic E-state index is 0.417. The quantitative estimate of drug-likeness (QED) is 0.828. The van der Waals surface area contributed by atoms with Gasteiger partial charge in [0.1, 0.15) is 0 Å². The van der Waals surface area contributed by atoms with E-state index in [1.54, 1.807) is 12.4 Å². The van der Waals surface area contributed by atoms with Crippen LogP contribution in [0.2, 0.25) is 0 Å². The van der Waals surface area contributed by atoms with Gasteiger partial charge in [-0.25, -0.2) is 4.68 Å². The molecule has 4 heteroatoms. The molecule has 2 heterocycles. The first-order valence-corrected chi connectivity index (χ1v) is 4.97. The lowest BCUT2D eigenvalue weighted by atomic mass is 10.4. The molecule has 0 aliphatic carbocycles. The molecule has 0 amide bonds. The molecule has 0 atom stereocenters. The number of nitrogens with one attached hydrogen (secondary N) is 1. The third kappa shape index (κ3) is 2.34. The van der Waals surface area contributed by atoms with Crippen LogP contribution in [-0.4, -0.2) is 20.8 Å². The summed E-state index contributed by atoms with van der Waals surface area (Å²) in [4.78, 5) is 3.97. The van der Waals surface area contributed by atoms with E-state index in [1.807, 2.05) is 29.2 Å². The zero-order valence-corrected chi connectivity index (χ0v) is 8.88. The number of aromatic nitrogens is 3. The van der Waals surface area contributed by atoms with Gasteiger partial charge in [-0.3, -0.25) is 4.98 Å². The Balaban J connectivity index is 2.21. The molecule has 0 bridgehead atoms. The number of hydrogen-bond acceptors (Lipinski definition) is 3. The number of nitrogens with zero attached hydrogens (tertiary/aromatic N) is 3. The summed E-state index contributed by atoms with van der Waals surface area (Å²) < 4.78 is 1.83. The molecule has 0 radical (unpaired) electrons. The molecule has 0 fully saturated rings. The highest BCUT2D eigenvalue weighted by molar-refractivity contribution is 5.42. The molecular weight excluding hydrogens is 188 g/mol. The van der Waals surface area contributed by atoms with Gasteiger partial charge >= 0.3 is 0 Å². The first kappa shape index (κ1) is 9.71. The summed E-state index contributed by atoms with van der Waals surface area (Å²) in [7, 11) is 0. The fourth-order valence-electron chi connectivity index (χ4n) is 1.37. The van der Waals surface area contributed by atoms with E-state index in [0.717, 1.165) is 11.4 Å². The predicted octanol–water partition coefficient (Wildman–Crippen LogP) is 2.09. The highest BCUT2D eigenvalue weighted by Crippen LogP contribution is 2.11. The number of pyridine rings is 1. The molecule has 2 aromatic heterocycles. The third-order valence-electron chi connectivity index (χ3n) is 1.97. The molecule has 0 saturated carbocycles. The molecule has 0 spiro atoms. The van der Waals surface area contributed by atoms with E-state index in [9.17, 15) is 0 Å². The van der Waals surface area contributed by atoms with Crippen LogP contribution in [0.4, 0.5) is 5.69 Å². The van der Waals surface area contributed by atoms with E-state index >= 15 is 0 Å². The maximum Gasteiger partial charge on any atom is 0.0733 e. The third-order valence-corrected chi connectivity index (χ3v) is 1.97. The lowest BCUT2D eigenvalue weighted by Gasteiger charge is -2.05. The van der Waals surface area contributed by atoms with Crippen LogP contribution < -0.4 is 5.32 Å². The van der Waals surface area contributed by atoms with Crippen LogP contribution in [0.15, 0.2) is 36.9 Å². The maximum atomic E-state index is 4.27. The Bertz CT molecular complexity index is 419. The molecule has 0 aromatic carbocycles. The van der Waals surface area contributed by atoms with Gasteiger partial charge in [0.05, 0.1) is 23.8 Å². The van der Waals surface area contributed by atoms with Gasteiger partial charge in [-0.1, -0.05) is 0 Å². The molecule has 15 heavy (non-hydrogen) atoms. The van der Waals surface area contributed by atoms with Crippen molar-refractivity contribution in [3.8, 4) is 5.69 Å². The van der Waals surface area contributed by atoms with Crippen molar-refractivity contribution in [1.82, 2.24) is 14.8 Å². The van der Waals surface area contributed by atoms with Crippen LogP contribution in [-0.2, 0) is 0 Å². The second-order valence-electron chi connectivity index (χ2n) is 3.68. The van der Waals surface area contributed by atoms with E-state index in [2.05, 4.69) is 29.2 Å². The molecule has 0 aliphatic heterocycles. The van der Waals surface area contributed by atoms with Gasteiger partial charge in [-0.2, -0.15) is 5.10 Å². The van der Waals surface area contributed by atoms with Crippen LogP contribution in [0.1, 0.15) is 13.8 Å². The zero-order chi connectivity index (χ0) is 10.7. The molecule has 4 nitrogen and oxygen atoms in total. The largest absolute Gasteiger partial charge is 0.380 e. The molecule has 1 N–H and O–H groups in total. The first-order valence-electron chi connectivity index (χ1n) is 4.97. The van der Waals surface area contributed by atoms with Gasteiger partial charge in [-0.05, 0) is 26.0 Å². The average Bonchev–Trinajstić information content (AvgIpc) is 2.67. The van der Waals surface area contributed by atoms with Crippen molar-refractivity contribution in [2.24, 2.45) is 0 Å². The van der Waals surface area contributed by atoms with Crippen molar-refractivity contribution in [2.45, 2.75) is 19.9 Å². The standard InChI is InChI=1S/C11H14N4/c1-9(2)14-10-7-13-15(8-10)11-3-5-12-6-4-11/h3-9,14H,1-2H3. The lowest BCUT2D eigenvalue weighted by Crippen LogP contribution is -2.08. The Morgan fingerprint density at radius 3 is 2.67 bits per heavy atom. The van der Waals surface area contributed by atoms with Crippen molar-refractivity contribution in [3.05, 3.63) is 36.9 Å². The lowest BCUT2D eigenvalue weighted by molar-refractivity contribution is 0.876. The summed E-state index contributed by atoms with van der Waals surface area (Å²) in [6, 6.07) is 4.26. The van der Waals surface area contributed by atoms with Crippen LogP contribution >= 0.6 is 0 Å². The zero-order valence-electron chi connectivity index (χ0n) is 8.88. The molecule has 2 aromatic rings. The summed E-state index contributed by atoms with van der Waals surface area (Å²) in [5, 5.41) is 7.56. The Labute approximate surface area is 89.0 Å². The summed E-state index contributed by atoms with van der Waals surface area (Å²) in [6.45, 7) is 4.20. The Hall–Kier alpha value is -1.84. The van der Waals surface area contributed by atoms with E-state index in [1.165, 1.54) is 0 Å². The molecular formula is C11H14N4.